The maximum absolute atomic E-state index is 6.19. The molecule has 0 bridgehead atoms. The molecule has 2 heterocycles. The van der Waals surface area contributed by atoms with E-state index in [1.807, 2.05) is 16.8 Å². The average molecular weight is 405 g/mol. The molecule has 1 aliphatic heterocycles. The lowest BCUT2D eigenvalue weighted by molar-refractivity contribution is -0.0990. The van der Waals surface area contributed by atoms with Crippen molar-refractivity contribution in [2.24, 2.45) is 0 Å². The number of methoxy groups -OCH3 is 1. The van der Waals surface area contributed by atoms with Crippen molar-refractivity contribution in [3.05, 3.63) is 77.6 Å². The van der Waals surface area contributed by atoms with Gasteiger partial charge in [0, 0.05) is 31.7 Å². The molecule has 1 aromatic heterocycles. The van der Waals surface area contributed by atoms with Gasteiger partial charge in [-0.2, -0.15) is 0 Å². The lowest BCUT2D eigenvalue weighted by Crippen LogP contribution is -2.63. The molecule has 1 saturated carbocycles. The number of piperidine rings is 1. The normalized spacial score (nSPS) is 26.6. The van der Waals surface area contributed by atoms with E-state index in [-0.39, 0.29) is 12.1 Å². The zero-order chi connectivity index (χ0) is 20.4. The molecule has 1 saturated heterocycles. The summed E-state index contributed by atoms with van der Waals surface area (Å²) >= 11 is 0. The first-order valence-corrected chi connectivity index (χ1v) is 10.7. The van der Waals surface area contributed by atoms with Crippen LogP contribution in [-0.4, -0.2) is 39.9 Å². The van der Waals surface area contributed by atoms with Gasteiger partial charge in [0.25, 0.3) is 0 Å². The van der Waals surface area contributed by atoms with Crippen molar-refractivity contribution in [3.63, 3.8) is 0 Å². The Hall–Kier alpha value is -2.61. The number of ether oxygens (including phenoxy) is 1. The second-order valence-corrected chi connectivity index (χ2v) is 8.25. The van der Waals surface area contributed by atoms with Crippen LogP contribution in [-0.2, 0) is 17.0 Å². The van der Waals surface area contributed by atoms with Crippen LogP contribution in [0.3, 0.4) is 0 Å². The molecule has 2 fully saturated rings. The van der Waals surface area contributed by atoms with Gasteiger partial charge in [-0.15, -0.1) is 5.10 Å². The number of nitrogens with one attached hydrogen (secondary N) is 2. The molecule has 2 N–H and O–H groups in total. The predicted octanol–water partition coefficient (Wildman–Crippen LogP) is 2.74. The number of hydrogen-bond acceptors (Lipinski definition) is 6. The summed E-state index contributed by atoms with van der Waals surface area (Å²) in [5.41, 5.74) is 1.76. The molecule has 2 aliphatic rings. The third-order valence-corrected chi connectivity index (χ3v) is 6.33. The van der Waals surface area contributed by atoms with E-state index in [4.69, 9.17) is 4.74 Å². The highest BCUT2D eigenvalue weighted by Gasteiger charge is 2.46. The van der Waals surface area contributed by atoms with Crippen LogP contribution >= 0.6 is 0 Å². The lowest BCUT2D eigenvalue weighted by atomic mass is 9.85. The summed E-state index contributed by atoms with van der Waals surface area (Å²) in [4.78, 5) is 0. The second-order valence-electron chi connectivity index (χ2n) is 8.25. The summed E-state index contributed by atoms with van der Waals surface area (Å²) < 4.78 is 8.22. The molecule has 5 rings (SSSR count). The number of aromatic nitrogens is 4. The van der Waals surface area contributed by atoms with Crippen molar-refractivity contribution in [2.45, 2.75) is 49.5 Å². The quantitative estimate of drug-likeness (QED) is 0.631. The van der Waals surface area contributed by atoms with Crippen molar-refractivity contribution >= 4 is 0 Å². The fourth-order valence-corrected chi connectivity index (χ4v) is 4.56. The van der Waals surface area contributed by atoms with Gasteiger partial charge in [-0.1, -0.05) is 60.7 Å². The highest BCUT2D eigenvalue weighted by Crippen LogP contribution is 2.41. The average Bonchev–Trinajstić information content (AvgIpc) is 3.55. The molecule has 7 nitrogen and oxygen atoms in total. The van der Waals surface area contributed by atoms with Gasteiger partial charge in [0.1, 0.15) is 0 Å². The van der Waals surface area contributed by atoms with Gasteiger partial charge in [-0.25, -0.2) is 4.68 Å². The van der Waals surface area contributed by atoms with Crippen molar-refractivity contribution < 1.29 is 4.74 Å². The molecule has 1 aliphatic carbocycles. The van der Waals surface area contributed by atoms with Gasteiger partial charge >= 0.3 is 0 Å². The van der Waals surface area contributed by atoms with E-state index in [0.29, 0.717) is 5.92 Å². The zero-order valence-electron chi connectivity index (χ0n) is 17.2. The molecular formula is C23H28N6O. The summed E-state index contributed by atoms with van der Waals surface area (Å²) in [5.74, 6) is 1.53. The van der Waals surface area contributed by atoms with Gasteiger partial charge in [0.2, 0.25) is 0 Å². The minimum absolute atomic E-state index is 0.0418. The molecule has 7 heteroatoms. The number of tetrazole rings is 1. The van der Waals surface area contributed by atoms with E-state index < -0.39 is 5.72 Å². The van der Waals surface area contributed by atoms with E-state index in [0.717, 1.165) is 30.9 Å². The lowest BCUT2D eigenvalue weighted by Gasteiger charge is -2.47. The first-order chi connectivity index (χ1) is 14.8. The third kappa shape index (κ3) is 3.64. The Morgan fingerprint density at radius 3 is 2.53 bits per heavy atom. The fraction of sp³-hybridized carbons (Fsp3) is 0.435. The standard InChI is InChI=1S/C23H28N6O/c1-30-23(19-10-6-3-7-11-19)21(24-15-17-8-4-2-5-9-17)14-20(16-25-23)29-22(18-12-13-18)26-27-28-29/h2-11,18,20-21,24-25H,12-16H2,1H3/t20?,21-,23-/m0/s1. The van der Waals surface area contributed by atoms with Crippen molar-refractivity contribution in [1.29, 1.82) is 0 Å². The first-order valence-electron chi connectivity index (χ1n) is 10.7. The van der Waals surface area contributed by atoms with Crippen molar-refractivity contribution in [1.82, 2.24) is 30.8 Å². The number of nitrogens with zero attached hydrogens (tertiary/aromatic N) is 4. The van der Waals surface area contributed by atoms with Gasteiger partial charge in [-0.05, 0) is 35.3 Å². The molecule has 0 radical (unpaired) electrons. The Labute approximate surface area is 176 Å². The van der Waals surface area contributed by atoms with Crippen LogP contribution in [0.1, 0.15) is 48.2 Å². The summed E-state index contributed by atoms with van der Waals surface area (Å²) in [5, 5.41) is 20.1. The van der Waals surface area contributed by atoms with Gasteiger partial charge < -0.3 is 10.1 Å². The number of rotatable bonds is 7. The predicted molar refractivity (Wildman–Crippen MR) is 114 cm³/mol. The Morgan fingerprint density at radius 1 is 1.10 bits per heavy atom. The van der Waals surface area contributed by atoms with Gasteiger partial charge in [0.05, 0.1) is 12.1 Å². The molecule has 1 unspecified atom stereocenters. The van der Waals surface area contributed by atoms with E-state index in [1.165, 1.54) is 18.4 Å². The summed E-state index contributed by atoms with van der Waals surface area (Å²) in [6.45, 7) is 1.51. The number of hydrogen-bond donors (Lipinski definition) is 2. The molecular weight excluding hydrogens is 376 g/mol. The van der Waals surface area contributed by atoms with E-state index in [9.17, 15) is 0 Å². The summed E-state index contributed by atoms with van der Waals surface area (Å²) in [6.07, 6.45) is 3.23. The molecule has 0 amide bonds. The maximum Gasteiger partial charge on any atom is 0.160 e. The van der Waals surface area contributed by atoms with E-state index in [1.54, 1.807) is 7.11 Å². The highest BCUT2D eigenvalue weighted by molar-refractivity contribution is 5.26. The smallest absolute Gasteiger partial charge is 0.160 e. The summed E-state index contributed by atoms with van der Waals surface area (Å²) in [6, 6.07) is 21.1. The number of benzene rings is 2. The molecule has 30 heavy (non-hydrogen) atoms. The third-order valence-electron chi connectivity index (χ3n) is 6.33. The monoisotopic (exact) mass is 404 g/mol. The van der Waals surface area contributed by atoms with E-state index >= 15 is 0 Å². The topological polar surface area (TPSA) is 76.9 Å². The molecule has 0 spiro atoms. The Morgan fingerprint density at radius 2 is 1.83 bits per heavy atom. The highest BCUT2D eigenvalue weighted by atomic mass is 16.5. The first kappa shape index (κ1) is 19.4. The maximum atomic E-state index is 6.19. The van der Waals surface area contributed by atoms with Crippen LogP contribution in [0.2, 0.25) is 0 Å². The molecule has 2 aromatic carbocycles. The van der Waals surface area contributed by atoms with Gasteiger partial charge in [0.15, 0.2) is 11.5 Å². The van der Waals surface area contributed by atoms with Crippen LogP contribution in [0.15, 0.2) is 60.7 Å². The zero-order valence-corrected chi connectivity index (χ0v) is 17.2. The Balaban J connectivity index is 1.44. The van der Waals surface area contributed by atoms with Crippen molar-refractivity contribution in [2.75, 3.05) is 13.7 Å². The minimum Gasteiger partial charge on any atom is -0.358 e. The Kier molecular flexibility index (Phi) is 5.33. The van der Waals surface area contributed by atoms with Crippen molar-refractivity contribution in [3.8, 4) is 0 Å². The van der Waals surface area contributed by atoms with Crippen LogP contribution in [0.25, 0.3) is 0 Å². The summed E-state index contributed by atoms with van der Waals surface area (Å²) in [7, 11) is 1.78. The van der Waals surface area contributed by atoms with E-state index in [2.05, 4.69) is 74.7 Å². The minimum atomic E-state index is -0.611. The molecule has 156 valence electrons. The molecule has 3 atom stereocenters. The Bertz CT molecular complexity index is 958. The van der Waals surface area contributed by atoms with Crippen LogP contribution < -0.4 is 10.6 Å². The largest absolute Gasteiger partial charge is 0.358 e. The molecule has 3 aromatic rings. The fourth-order valence-electron chi connectivity index (χ4n) is 4.56. The van der Waals surface area contributed by atoms with Crippen LogP contribution in [0.5, 0.6) is 0 Å². The van der Waals surface area contributed by atoms with Gasteiger partial charge in [-0.3, -0.25) is 5.32 Å². The second kappa shape index (κ2) is 8.26. The SMILES string of the molecule is CO[C@]1(c2ccccc2)NCC(n2nnnc2C2CC2)C[C@@H]1NCc1ccccc1. The van der Waals surface area contributed by atoms with Crippen LogP contribution in [0, 0.1) is 0 Å². The van der Waals surface area contributed by atoms with Crippen LogP contribution in [0.4, 0.5) is 0 Å².